The van der Waals surface area contributed by atoms with Crippen molar-refractivity contribution in [1.82, 2.24) is 0 Å². The lowest BCUT2D eigenvalue weighted by molar-refractivity contribution is 0.103. The number of ketones is 1. The van der Waals surface area contributed by atoms with Gasteiger partial charge in [-0.05, 0) is 24.3 Å². The third-order valence-electron chi connectivity index (χ3n) is 2.48. The van der Waals surface area contributed by atoms with Crippen molar-refractivity contribution in [3.63, 3.8) is 0 Å². The van der Waals surface area contributed by atoms with Crippen LogP contribution in [0.4, 0.5) is 13.2 Å². The normalized spacial score (nSPS) is 10.7. The predicted octanol–water partition coefficient (Wildman–Crippen LogP) is 5.30. The number of halogens is 6. The molecule has 0 amide bonds. The summed E-state index contributed by atoms with van der Waals surface area (Å²) < 4.78 is 39.1. The van der Waals surface area contributed by atoms with Crippen molar-refractivity contribution >= 4 is 40.6 Å². The molecule has 2 rings (SSSR count). The average molecular weight is 340 g/mol. The Morgan fingerprint density at radius 2 is 1.30 bits per heavy atom. The zero-order valence-corrected chi connectivity index (χ0v) is 11.8. The molecule has 0 aliphatic heterocycles. The van der Waals surface area contributed by atoms with E-state index in [-0.39, 0.29) is 20.6 Å². The van der Waals surface area contributed by atoms with Crippen LogP contribution in [0.25, 0.3) is 0 Å². The Balaban J connectivity index is 2.58. The molecule has 1 nitrogen and oxygen atoms in total. The first kappa shape index (κ1) is 15.2. The molecule has 0 fully saturated rings. The van der Waals surface area contributed by atoms with E-state index in [4.69, 9.17) is 34.8 Å². The molecule has 20 heavy (non-hydrogen) atoms. The van der Waals surface area contributed by atoms with Gasteiger partial charge >= 0.3 is 0 Å². The molecule has 0 heterocycles. The summed E-state index contributed by atoms with van der Waals surface area (Å²) in [6.07, 6.45) is 0. The van der Waals surface area contributed by atoms with Crippen molar-refractivity contribution < 1.29 is 18.0 Å². The number of carbonyl (C=O) groups is 1. The third-order valence-corrected chi connectivity index (χ3v) is 3.29. The highest BCUT2D eigenvalue weighted by molar-refractivity contribution is 6.43. The van der Waals surface area contributed by atoms with Crippen LogP contribution in [0.15, 0.2) is 24.3 Å². The van der Waals surface area contributed by atoms with Gasteiger partial charge in [0.15, 0.2) is 23.2 Å². The summed E-state index contributed by atoms with van der Waals surface area (Å²) in [6.45, 7) is 0. The van der Waals surface area contributed by atoms with E-state index < -0.39 is 28.8 Å². The Morgan fingerprint density at radius 1 is 0.850 bits per heavy atom. The largest absolute Gasteiger partial charge is 0.288 e. The number of rotatable bonds is 2. The van der Waals surface area contributed by atoms with Crippen LogP contribution in [-0.2, 0) is 0 Å². The Bertz CT molecular complexity index is 670. The third kappa shape index (κ3) is 2.77. The Labute approximate surface area is 126 Å². The Hall–Kier alpha value is -1.23. The van der Waals surface area contributed by atoms with Crippen molar-refractivity contribution in [3.8, 4) is 0 Å². The van der Waals surface area contributed by atoms with Crippen molar-refractivity contribution in [1.29, 1.82) is 0 Å². The molecule has 0 aromatic heterocycles. The van der Waals surface area contributed by atoms with E-state index in [0.717, 1.165) is 0 Å². The molecule has 2 aromatic rings. The van der Waals surface area contributed by atoms with E-state index in [1.807, 2.05) is 0 Å². The highest BCUT2D eigenvalue weighted by Gasteiger charge is 2.21. The molecule has 0 atom stereocenters. The molecule has 0 saturated carbocycles. The molecule has 0 unspecified atom stereocenters. The minimum atomic E-state index is -1.66. The molecule has 0 saturated heterocycles. The average Bonchev–Trinajstić information content (AvgIpc) is 2.33. The van der Waals surface area contributed by atoms with E-state index in [0.29, 0.717) is 12.1 Å². The minimum absolute atomic E-state index is 0.0716. The smallest absolute Gasteiger partial charge is 0.196 e. The predicted molar refractivity (Wildman–Crippen MR) is 71.2 cm³/mol. The van der Waals surface area contributed by atoms with Gasteiger partial charge in [0.05, 0.1) is 15.6 Å². The van der Waals surface area contributed by atoms with Crippen molar-refractivity contribution in [3.05, 3.63) is 67.9 Å². The van der Waals surface area contributed by atoms with Gasteiger partial charge in [-0.25, -0.2) is 13.2 Å². The van der Waals surface area contributed by atoms with Crippen LogP contribution in [0.1, 0.15) is 15.9 Å². The first-order valence-electron chi connectivity index (χ1n) is 5.15. The molecule has 0 radical (unpaired) electrons. The fourth-order valence-electron chi connectivity index (χ4n) is 1.59. The standard InChI is InChI=1S/C13H4Cl3F3O/c14-6-3-7(15)11(8(16)4-6)13(20)5-1-9(17)12(19)10(18)2-5/h1-4H. The van der Waals surface area contributed by atoms with Gasteiger partial charge in [0.25, 0.3) is 0 Å². The lowest BCUT2D eigenvalue weighted by Crippen LogP contribution is -2.06. The van der Waals surface area contributed by atoms with E-state index in [9.17, 15) is 18.0 Å². The lowest BCUT2D eigenvalue weighted by Gasteiger charge is -2.08. The van der Waals surface area contributed by atoms with Crippen LogP contribution in [0.2, 0.25) is 15.1 Å². The molecule has 0 spiro atoms. The molecule has 7 heteroatoms. The van der Waals surface area contributed by atoms with Crippen molar-refractivity contribution in [2.45, 2.75) is 0 Å². The van der Waals surface area contributed by atoms with Crippen molar-refractivity contribution in [2.75, 3.05) is 0 Å². The van der Waals surface area contributed by atoms with Gasteiger partial charge in [0, 0.05) is 10.6 Å². The quantitative estimate of drug-likeness (QED) is 0.536. The summed E-state index contributed by atoms with van der Waals surface area (Å²) in [5, 5.41) is 0.0586. The van der Waals surface area contributed by atoms with Crippen LogP contribution in [0.3, 0.4) is 0 Å². The topological polar surface area (TPSA) is 17.1 Å². The van der Waals surface area contributed by atoms with E-state index in [2.05, 4.69) is 0 Å². The highest BCUT2D eigenvalue weighted by atomic mass is 35.5. The molecule has 2 aromatic carbocycles. The second-order valence-corrected chi connectivity index (χ2v) is 5.08. The minimum Gasteiger partial charge on any atom is -0.288 e. The molecular weight excluding hydrogens is 335 g/mol. The second-order valence-electron chi connectivity index (χ2n) is 3.83. The summed E-state index contributed by atoms with van der Waals surface area (Å²) in [7, 11) is 0. The lowest BCUT2D eigenvalue weighted by atomic mass is 10.0. The van der Waals surface area contributed by atoms with E-state index in [1.54, 1.807) is 0 Å². The van der Waals surface area contributed by atoms with E-state index in [1.165, 1.54) is 12.1 Å². The summed E-state index contributed by atoms with van der Waals surface area (Å²) in [4.78, 5) is 12.1. The molecule has 104 valence electrons. The highest BCUT2D eigenvalue weighted by Crippen LogP contribution is 2.31. The van der Waals surface area contributed by atoms with Gasteiger partial charge in [-0.2, -0.15) is 0 Å². The zero-order chi connectivity index (χ0) is 15.0. The first-order chi connectivity index (χ1) is 9.31. The summed E-state index contributed by atoms with van der Waals surface area (Å²) >= 11 is 17.4. The van der Waals surface area contributed by atoms with Gasteiger partial charge in [0.1, 0.15) is 0 Å². The molecule has 0 aliphatic carbocycles. The van der Waals surface area contributed by atoms with Gasteiger partial charge in [-0.3, -0.25) is 4.79 Å². The Kier molecular flexibility index (Phi) is 4.28. The zero-order valence-electron chi connectivity index (χ0n) is 9.49. The summed E-state index contributed by atoms with van der Waals surface area (Å²) in [6, 6.07) is 3.67. The maximum absolute atomic E-state index is 13.1. The maximum atomic E-state index is 13.1. The maximum Gasteiger partial charge on any atom is 0.196 e. The Morgan fingerprint density at radius 3 is 1.75 bits per heavy atom. The summed E-state index contributed by atoms with van der Waals surface area (Å²) in [5.41, 5.74) is -0.573. The first-order valence-corrected chi connectivity index (χ1v) is 6.28. The van der Waals surface area contributed by atoms with Crippen LogP contribution >= 0.6 is 34.8 Å². The number of hydrogen-bond acceptors (Lipinski definition) is 1. The second kappa shape index (κ2) is 5.64. The van der Waals surface area contributed by atoms with Gasteiger partial charge in [-0.15, -0.1) is 0 Å². The SMILES string of the molecule is O=C(c1cc(F)c(F)c(F)c1)c1c(Cl)cc(Cl)cc1Cl. The van der Waals surface area contributed by atoms with Crippen molar-refractivity contribution in [2.24, 2.45) is 0 Å². The molecule has 0 N–H and O–H groups in total. The van der Waals surface area contributed by atoms with Crippen LogP contribution in [0, 0.1) is 17.5 Å². The molecule has 0 aliphatic rings. The van der Waals surface area contributed by atoms with E-state index >= 15 is 0 Å². The number of carbonyl (C=O) groups excluding carboxylic acids is 1. The fourth-order valence-corrected chi connectivity index (χ4v) is 2.58. The van der Waals surface area contributed by atoms with Crippen LogP contribution < -0.4 is 0 Å². The van der Waals surface area contributed by atoms with Crippen LogP contribution in [0.5, 0.6) is 0 Å². The molecule has 0 bridgehead atoms. The number of benzene rings is 2. The number of hydrogen-bond donors (Lipinski definition) is 0. The van der Waals surface area contributed by atoms with Gasteiger partial charge < -0.3 is 0 Å². The summed E-state index contributed by atoms with van der Waals surface area (Å²) in [5.74, 6) is -5.45. The monoisotopic (exact) mass is 338 g/mol. The van der Waals surface area contributed by atoms with Gasteiger partial charge in [0.2, 0.25) is 0 Å². The van der Waals surface area contributed by atoms with Crippen LogP contribution in [-0.4, -0.2) is 5.78 Å². The molecular formula is C13H4Cl3F3O. The fraction of sp³-hybridized carbons (Fsp3) is 0. The van der Waals surface area contributed by atoms with Gasteiger partial charge in [-0.1, -0.05) is 34.8 Å².